The van der Waals surface area contributed by atoms with Crippen molar-refractivity contribution in [3.8, 4) is 0 Å². The molecule has 0 aromatic carbocycles. The zero-order valence-electron chi connectivity index (χ0n) is 4.10. The molecule has 0 unspecified atom stereocenters. The topological polar surface area (TPSA) is 54.7 Å². The van der Waals surface area contributed by atoms with Crippen molar-refractivity contribution >= 4 is 5.95 Å². The molecule has 0 bridgehead atoms. The Morgan fingerprint density at radius 2 is 3.00 bits per heavy atom. The number of imidazole rings is 1. The van der Waals surface area contributed by atoms with Crippen LogP contribution in [0.4, 0.5) is 5.95 Å². The highest BCUT2D eigenvalue weighted by atomic mass is 15.8. The van der Waals surface area contributed by atoms with Crippen LogP contribution in [0.5, 0.6) is 0 Å². The molecule has 0 amide bonds. The molecule has 1 rings (SSSR count). The van der Waals surface area contributed by atoms with Gasteiger partial charge >= 0.3 is 0 Å². The molecule has 0 saturated carbocycles. The van der Waals surface area contributed by atoms with Gasteiger partial charge in [0, 0.05) is 12.4 Å². The van der Waals surface area contributed by atoms with Crippen LogP contribution in [0.3, 0.4) is 0 Å². The first-order chi connectivity index (χ1) is 3.29. The molecule has 0 aliphatic heterocycles. The van der Waals surface area contributed by atoms with Gasteiger partial charge in [-0.2, -0.15) is 0 Å². The highest BCUT2D eigenvalue weighted by molar-refractivity contribution is 5.11. The molecule has 0 spiro atoms. The number of nitrogen functional groups attached to an aromatic ring is 1. The number of rotatable bonds is 0. The average Bonchev–Trinajstić information content (AvgIpc) is 1.87. The number of hydrogen-bond acceptors (Lipinski definition) is 2. The maximum atomic E-state index is 6.79. The van der Waals surface area contributed by atoms with E-state index in [4.69, 9.17) is 7.10 Å². The van der Waals surface area contributed by atoms with E-state index in [1.165, 1.54) is 6.20 Å². The molecule has 3 heteroatoms. The van der Waals surface area contributed by atoms with Gasteiger partial charge in [0.2, 0.25) is 0 Å². The summed E-state index contributed by atoms with van der Waals surface area (Å²) >= 11 is 0. The van der Waals surface area contributed by atoms with Crippen LogP contribution < -0.4 is 5.73 Å². The normalized spacial score (nSPS) is 11.0. The summed E-state index contributed by atoms with van der Waals surface area (Å²) in [5, 5.41) is 0. The molecule has 0 aliphatic carbocycles. The third-order valence-electron chi connectivity index (χ3n) is 0.470. The minimum absolute atomic E-state index is 0.178. The van der Waals surface area contributed by atoms with Gasteiger partial charge in [-0.05, 0) is 0 Å². The second kappa shape index (κ2) is 1.01. The maximum absolute atomic E-state index is 6.79. The van der Waals surface area contributed by atoms with E-state index in [-0.39, 0.29) is 6.17 Å². The summed E-state index contributed by atoms with van der Waals surface area (Å²) in [5.41, 5.74) is 5.09. The molecular formula is C3H5N3. The molecule has 1 heterocycles. The maximum Gasteiger partial charge on any atom is 0.197 e. The van der Waals surface area contributed by atoms with Gasteiger partial charge in [0.05, 0.1) is 1.37 Å². The second-order valence-electron chi connectivity index (χ2n) is 0.915. The summed E-state index contributed by atoms with van der Waals surface area (Å²) in [4.78, 5) is 6.05. The summed E-state index contributed by atoms with van der Waals surface area (Å²) < 4.78 is 6.79. The fraction of sp³-hybridized carbons (Fsp3) is 0. The number of H-pyrrole nitrogens is 1. The fourth-order valence-electron chi connectivity index (χ4n) is 0.240. The summed E-state index contributed by atoms with van der Waals surface area (Å²) in [5.74, 6) is 0.296. The number of anilines is 1. The van der Waals surface area contributed by atoms with Crippen molar-refractivity contribution in [1.82, 2.24) is 9.97 Å². The Labute approximate surface area is 36.6 Å². The van der Waals surface area contributed by atoms with E-state index in [0.29, 0.717) is 5.95 Å². The summed E-state index contributed by atoms with van der Waals surface area (Å²) in [7, 11) is 0. The Hall–Kier alpha value is -0.990. The van der Waals surface area contributed by atoms with Gasteiger partial charge in [0.25, 0.3) is 0 Å². The molecule has 0 saturated heterocycles. The molecule has 0 radical (unpaired) electrons. The molecule has 6 heavy (non-hydrogen) atoms. The number of nitrogens with zero attached hydrogens (tertiary/aromatic N) is 1. The van der Waals surface area contributed by atoms with Gasteiger partial charge in [-0.25, -0.2) is 4.98 Å². The lowest BCUT2D eigenvalue weighted by atomic mass is 11.0. The van der Waals surface area contributed by atoms with Crippen molar-refractivity contribution in [2.24, 2.45) is 0 Å². The van der Waals surface area contributed by atoms with Crippen LogP contribution in [0.25, 0.3) is 0 Å². The Morgan fingerprint density at radius 3 is 3.17 bits per heavy atom. The van der Waals surface area contributed by atoms with E-state index in [1.54, 1.807) is 0 Å². The lowest BCUT2D eigenvalue weighted by molar-refractivity contribution is 1.33. The van der Waals surface area contributed by atoms with Crippen molar-refractivity contribution in [1.29, 1.82) is 0 Å². The predicted octanol–water partition coefficient (Wildman–Crippen LogP) is -0.00810. The van der Waals surface area contributed by atoms with Crippen molar-refractivity contribution < 1.29 is 1.37 Å². The highest BCUT2D eigenvalue weighted by Gasteiger charge is 1.74. The molecular weight excluding hydrogens is 81.0 g/mol. The number of hydrogen-bond donors (Lipinski definition) is 2. The minimum Gasteiger partial charge on any atom is -0.369 e. The lowest BCUT2D eigenvalue weighted by Crippen LogP contribution is -1.83. The highest BCUT2D eigenvalue weighted by Crippen LogP contribution is 1.81. The molecule has 1 aromatic heterocycles. The van der Waals surface area contributed by atoms with Crippen molar-refractivity contribution in [3.05, 3.63) is 12.4 Å². The van der Waals surface area contributed by atoms with E-state index in [1.807, 2.05) is 0 Å². The molecule has 1 aromatic rings. The van der Waals surface area contributed by atoms with Crippen LogP contribution in [0.15, 0.2) is 12.4 Å². The first-order valence-electron chi connectivity index (χ1n) is 2.06. The number of nitrogens with two attached hydrogens (primary N) is 1. The smallest absolute Gasteiger partial charge is 0.197 e. The summed E-state index contributed by atoms with van der Waals surface area (Å²) in [6.07, 6.45) is 1.60. The van der Waals surface area contributed by atoms with Gasteiger partial charge in [0.1, 0.15) is 0 Å². The van der Waals surface area contributed by atoms with E-state index in [0.717, 1.165) is 0 Å². The minimum atomic E-state index is 0.178. The van der Waals surface area contributed by atoms with Crippen molar-refractivity contribution in [2.45, 2.75) is 0 Å². The van der Waals surface area contributed by atoms with E-state index in [2.05, 4.69) is 9.97 Å². The zero-order chi connectivity index (χ0) is 5.28. The molecule has 32 valence electrons. The Bertz CT molecular complexity index is 142. The molecule has 3 N–H and O–H groups in total. The summed E-state index contributed by atoms with van der Waals surface area (Å²) in [6, 6.07) is 0. The lowest BCUT2D eigenvalue weighted by Gasteiger charge is -1.70. The largest absolute Gasteiger partial charge is 0.369 e. The molecule has 3 nitrogen and oxygen atoms in total. The fourth-order valence-corrected chi connectivity index (χ4v) is 0.240. The van der Waals surface area contributed by atoms with E-state index in [9.17, 15) is 0 Å². The number of aromatic amines is 1. The van der Waals surface area contributed by atoms with Crippen molar-refractivity contribution in [2.75, 3.05) is 5.73 Å². The van der Waals surface area contributed by atoms with Crippen LogP contribution in [0, 0.1) is 0 Å². The van der Waals surface area contributed by atoms with E-state index < -0.39 is 0 Å². The van der Waals surface area contributed by atoms with Crippen LogP contribution in [0.2, 0.25) is 0 Å². The van der Waals surface area contributed by atoms with Crippen LogP contribution in [-0.4, -0.2) is 9.97 Å². The van der Waals surface area contributed by atoms with Crippen LogP contribution in [0.1, 0.15) is 1.37 Å². The quantitative estimate of drug-likeness (QED) is 0.437. The number of aromatic nitrogens is 2. The molecule has 0 aliphatic rings. The standard InChI is InChI=1S/C3H5N3/c4-3-5-1-2-6-3/h1-2H,(H3,4,5,6)/i1D,3+1,4+1,6+1. The van der Waals surface area contributed by atoms with Gasteiger partial charge in [-0.1, -0.05) is 0 Å². The first kappa shape index (κ1) is 2.23. The SMILES string of the molecule is [2H]c1c[15nH][13c]([15NH2])n1. The third-order valence-corrected chi connectivity index (χ3v) is 0.470. The van der Waals surface area contributed by atoms with Crippen LogP contribution in [-0.2, 0) is 0 Å². The van der Waals surface area contributed by atoms with Crippen LogP contribution >= 0.6 is 0 Å². The monoisotopic (exact) mass is 87.1 g/mol. The molecule has 0 fully saturated rings. The first-order valence-corrected chi connectivity index (χ1v) is 1.56. The Balaban J connectivity index is 3.04. The van der Waals surface area contributed by atoms with Gasteiger partial charge in [-0.3, -0.25) is 0 Å². The molecule has 0 atom stereocenters. The van der Waals surface area contributed by atoms with E-state index >= 15 is 0 Å². The van der Waals surface area contributed by atoms with Gasteiger partial charge in [0.15, 0.2) is 5.95 Å². The number of nitrogens with one attached hydrogen (secondary N) is 1. The third kappa shape index (κ3) is 0.337. The Kier molecular flexibility index (Phi) is 0.374. The second-order valence-corrected chi connectivity index (χ2v) is 0.915. The average molecular weight is 87.1 g/mol. The van der Waals surface area contributed by atoms with Crippen molar-refractivity contribution in [3.63, 3.8) is 0 Å². The summed E-state index contributed by atoms with van der Waals surface area (Å²) in [6.45, 7) is 0. The Morgan fingerprint density at radius 1 is 2.17 bits per heavy atom. The van der Waals surface area contributed by atoms with Gasteiger partial charge in [-0.15, -0.1) is 0 Å². The predicted molar refractivity (Wildman–Crippen MR) is 23.0 cm³/mol. The van der Waals surface area contributed by atoms with Gasteiger partial charge < -0.3 is 10.7 Å². The zero-order valence-corrected chi connectivity index (χ0v) is 3.10.